The summed E-state index contributed by atoms with van der Waals surface area (Å²) in [6.45, 7) is 7.65. The number of aromatic nitrogens is 3. The zero-order valence-corrected chi connectivity index (χ0v) is 20.4. The highest BCUT2D eigenvalue weighted by atomic mass is 16.6. The summed E-state index contributed by atoms with van der Waals surface area (Å²) in [6, 6.07) is 0. The molecule has 2 aromatic rings. The molecule has 0 bridgehead atoms. The van der Waals surface area contributed by atoms with Gasteiger partial charge in [-0.15, -0.1) is 0 Å². The minimum atomic E-state index is -0.799. The maximum absolute atomic E-state index is 13.6. The number of carbonyl (C=O) groups is 2. The molecular formula is C22H33N5O7. The predicted molar refractivity (Wildman–Crippen MR) is 127 cm³/mol. The van der Waals surface area contributed by atoms with Gasteiger partial charge in [0.05, 0.1) is 18.8 Å². The predicted octanol–water partition coefficient (Wildman–Crippen LogP) is 0.816. The van der Waals surface area contributed by atoms with E-state index in [0.717, 1.165) is 4.90 Å². The number of hydrogen-bond donors (Lipinski definition) is 3. The van der Waals surface area contributed by atoms with Gasteiger partial charge >= 0.3 is 11.7 Å². The van der Waals surface area contributed by atoms with Crippen LogP contribution in [-0.4, -0.2) is 67.0 Å². The van der Waals surface area contributed by atoms with Gasteiger partial charge in [-0.2, -0.15) is 0 Å². The molecule has 12 heteroatoms. The lowest BCUT2D eigenvalue weighted by Gasteiger charge is -2.24. The van der Waals surface area contributed by atoms with E-state index in [0.29, 0.717) is 11.3 Å². The van der Waals surface area contributed by atoms with Crippen molar-refractivity contribution in [3.05, 3.63) is 43.4 Å². The Bertz CT molecular complexity index is 1150. The van der Waals surface area contributed by atoms with Crippen molar-refractivity contribution in [2.24, 2.45) is 5.92 Å². The molecule has 1 amide bonds. The minimum absolute atomic E-state index is 0.0202. The zero-order chi connectivity index (χ0) is 25.6. The quantitative estimate of drug-likeness (QED) is 0.315. The van der Waals surface area contributed by atoms with Gasteiger partial charge in [0.15, 0.2) is 5.69 Å². The number of rotatable bonds is 11. The van der Waals surface area contributed by atoms with Gasteiger partial charge in [-0.25, -0.2) is 9.59 Å². The molecule has 2 heterocycles. The summed E-state index contributed by atoms with van der Waals surface area (Å²) < 4.78 is 16.4. The van der Waals surface area contributed by atoms with Crippen LogP contribution >= 0.6 is 0 Å². The number of esters is 1. The largest absolute Gasteiger partial charge is 0.460 e. The van der Waals surface area contributed by atoms with Crippen LogP contribution in [0.1, 0.15) is 46.0 Å². The number of hydrogen-bond acceptors (Lipinski definition) is 8. The zero-order valence-electron chi connectivity index (χ0n) is 20.4. The van der Waals surface area contributed by atoms with E-state index < -0.39 is 23.1 Å². The van der Waals surface area contributed by atoms with Crippen LogP contribution < -0.4 is 21.9 Å². The number of ether oxygens (including phenoxy) is 3. The monoisotopic (exact) mass is 479 g/mol. The Balaban J connectivity index is 2.57. The van der Waals surface area contributed by atoms with Gasteiger partial charge in [-0.1, -0.05) is 13.8 Å². The molecule has 0 spiro atoms. The van der Waals surface area contributed by atoms with Gasteiger partial charge in [0.25, 0.3) is 11.5 Å². The van der Waals surface area contributed by atoms with Gasteiger partial charge in [0.2, 0.25) is 0 Å². The summed E-state index contributed by atoms with van der Waals surface area (Å²) in [6.07, 6.45) is 0. The first kappa shape index (κ1) is 26.9. The van der Waals surface area contributed by atoms with E-state index in [1.54, 1.807) is 13.8 Å². The number of nitrogens with zero attached hydrogens (tertiary/aromatic N) is 2. The second kappa shape index (κ2) is 11.7. The number of amides is 1. The second-order valence-electron chi connectivity index (χ2n) is 8.20. The third-order valence-corrected chi connectivity index (χ3v) is 5.17. The third kappa shape index (κ3) is 5.75. The number of nitrogens with two attached hydrogens (primary N) is 1. The molecule has 0 aliphatic carbocycles. The normalized spacial score (nSPS) is 11.1. The van der Waals surface area contributed by atoms with E-state index in [1.165, 1.54) is 18.8 Å². The molecule has 0 saturated heterocycles. The van der Waals surface area contributed by atoms with E-state index in [-0.39, 0.29) is 61.6 Å². The smallest absolute Gasteiger partial charge is 0.340 e. The molecule has 34 heavy (non-hydrogen) atoms. The molecule has 12 nitrogen and oxygen atoms in total. The first-order chi connectivity index (χ1) is 16.0. The van der Waals surface area contributed by atoms with Crippen LogP contribution in [0.3, 0.4) is 0 Å². The summed E-state index contributed by atoms with van der Waals surface area (Å²) in [5.74, 6) is -1.29. The standard InChI is InChI=1S/C22H33N5O7/c1-12(2)11-27-18(23)17(19(28)25-22(27)31)26(7-8-32-5)20(29)16-13(3)15(14(4)24-16)21(30)34-10-9-33-6/h12,24H,7-11,23H2,1-6H3,(H,25,28,31). The lowest BCUT2D eigenvalue weighted by molar-refractivity contribution is 0.0386. The molecule has 0 atom stereocenters. The van der Waals surface area contributed by atoms with Crippen molar-refractivity contribution >= 4 is 23.4 Å². The van der Waals surface area contributed by atoms with Gasteiger partial charge in [0.1, 0.15) is 18.1 Å². The maximum atomic E-state index is 13.6. The second-order valence-corrected chi connectivity index (χ2v) is 8.20. The fourth-order valence-corrected chi connectivity index (χ4v) is 3.58. The van der Waals surface area contributed by atoms with Crippen LogP contribution in [-0.2, 0) is 20.8 Å². The Labute approximate surface area is 197 Å². The van der Waals surface area contributed by atoms with Gasteiger partial charge in [-0.3, -0.25) is 24.0 Å². The highest BCUT2D eigenvalue weighted by Gasteiger charge is 2.30. The topological polar surface area (TPSA) is 162 Å². The molecule has 2 aromatic heterocycles. The van der Waals surface area contributed by atoms with Crippen molar-refractivity contribution in [3.8, 4) is 0 Å². The first-order valence-corrected chi connectivity index (χ1v) is 10.8. The molecule has 2 rings (SSSR count). The maximum Gasteiger partial charge on any atom is 0.340 e. The lowest BCUT2D eigenvalue weighted by Crippen LogP contribution is -2.43. The highest BCUT2D eigenvalue weighted by Crippen LogP contribution is 2.24. The average Bonchev–Trinajstić information content (AvgIpc) is 3.06. The van der Waals surface area contributed by atoms with Crippen molar-refractivity contribution in [3.63, 3.8) is 0 Å². The van der Waals surface area contributed by atoms with Crippen LogP contribution in [0.15, 0.2) is 9.59 Å². The van der Waals surface area contributed by atoms with Crippen LogP contribution in [0, 0.1) is 19.8 Å². The van der Waals surface area contributed by atoms with Gasteiger partial charge < -0.3 is 24.9 Å². The van der Waals surface area contributed by atoms with E-state index in [4.69, 9.17) is 19.9 Å². The molecule has 0 aliphatic heterocycles. The Morgan fingerprint density at radius 1 is 1.06 bits per heavy atom. The van der Waals surface area contributed by atoms with Crippen molar-refractivity contribution in [2.45, 2.75) is 34.2 Å². The summed E-state index contributed by atoms with van der Waals surface area (Å²) in [7, 11) is 2.94. The molecule has 0 radical (unpaired) electrons. The SMILES string of the molecule is COCCOC(=O)c1c(C)[nH]c(C(=O)N(CCOC)c2c(N)n(CC(C)C)c(=O)[nH]c2=O)c1C. The molecule has 0 fully saturated rings. The Hall–Kier alpha value is -3.38. The van der Waals surface area contributed by atoms with Crippen LogP contribution in [0.4, 0.5) is 11.5 Å². The van der Waals surface area contributed by atoms with Crippen LogP contribution in [0.2, 0.25) is 0 Å². The first-order valence-electron chi connectivity index (χ1n) is 10.8. The number of nitrogens with one attached hydrogen (secondary N) is 2. The summed E-state index contributed by atoms with van der Waals surface area (Å²) >= 11 is 0. The molecule has 0 aliphatic rings. The molecule has 0 unspecified atom stereocenters. The molecule has 4 N–H and O–H groups in total. The number of nitrogen functional groups attached to an aromatic ring is 1. The fraction of sp³-hybridized carbons (Fsp3) is 0.545. The average molecular weight is 480 g/mol. The van der Waals surface area contributed by atoms with Crippen molar-refractivity contribution in [2.75, 3.05) is 51.2 Å². The number of anilines is 2. The van der Waals surface area contributed by atoms with Crippen molar-refractivity contribution in [1.82, 2.24) is 14.5 Å². The number of methoxy groups -OCH3 is 2. The van der Waals surface area contributed by atoms with Gasteiger partial charge in [0, 0.05) is 33.0 Å². The summed E-state index contributed by atoms with van der Waals surface area (Å²) in [4.78, 5) is 57.6. The Morgan fingerprint density at radius 3 is 2.29 bits per heavy atom. The van der Waals surface area contributed by atoms with Crippen LogP contribution in [0.5, 0.6) is 0 Å². The van der Waals surface area contributed by atoms with E-state index in [9.17, 15) is 19.2 Å². The number of aryl methyl sites for hydroxylation is 1. The fourth-order valence-electron chi connectivity index (χ4n) is 3.58. The minimum Gasteiger partial charge on any atom is -0.460 e. The number of H-pyrrole nitrogens is 2. The summed E-state index contributed by atoms with van der Waals surface area (Å²) in [5, 5.41) is 0. The van der Waals surface area contributed by atoms with E-state index in [1.807, 2.05) is 13.8 Å². The van der Waals surface area contributed by atoms with E-state index in [2.05, 4.69) is 9.97 Å². The Kier molecular flexibility index (Phi) is 9.21. The Morgan fingerprint density at radius 2 is 1.71 bits per heavy atom. The van der Waals surface area contributed by atoms with Crippen molar-refractivity contribution < 1.29 is 23.8 Å². The van der Waals surface area contributed by atoms with Gasteiger partial charge in [-0.05, 0) is 25.3 Å². The number of aromatic amines is 2. The highest BCUT2D eigenvalue weighted by molar-refractivity contribution is 6.09. The molecule has 188 valence electrons. The molecule has 0 saturated carbocycles. The number of carbonyl (C=O) groups excluding carboxylic acids is 2. The van der Waals surface area contributed by atoms with Crippen LogP contribution in [0.25, 0.3) is 0 Å². The molecule has 0 aromatic carbocycles. The lowest BCUT2D eigenvalue weighted by atomic mass is 10.1. The molecular weight excluding hydrogens is 446 g/mol. The summed E-state index contributed by atoms with van der Waals surface area (Å²) in [5.41, 5.74) is 5.70. The third-order valence-electron chi connectivity index (χ3n) is 5.17. The van der Waals surface area contributed by atoms with E-state index >= 15 is 0 Å². The van der Waals surface area contributed by atoms with Crippen molar-refractivity contribution in [1.29, 1.82) is 0 Å².